The van der Waals surface area contributed by atoms with Gasteiger partial charge in [0.1, 0.15) is 16.8 Å². The molecule has 1 N–H and O–H groups in total. The average molecular weight is 425 g/mol. The van der Waals surface area contributed by atoms with E-state index < -0.39 is 0 Å². The maximum Gasteiger partial charge on any atom is 0.302 e. The average Bonchev–Trinajstić information content (AvgIpc) is 3.07. The van der Waals surface area contributed by atoms with Crippen molar-refractivity contribution in [1.29, 1.82) is 5.26 Å². The number of carbonyl (C=O) groups excluding carboxylic acids is 2. The number of benzene rings is 1. The molecule has 0 spiro atoms. The number of esters is 1. The first-order chi connectivity index (χ1) is 14.5. The first-order valence-corrected chi connectivity index (χ1v) is 10.7. The Balaban J connectivity index is 1.71. The normalized spacial score (nSPS) is 15.3. The summed E-state index contributed by atoms with van der Waals surface area (Å²) in [6.07, 6.45) is 5.49. The molecule has 30 heavy (non-hydrogen) atoms. The third kappa shape index (κ3) is 5.28. The van der Waals surface area contributed by atoms with Crippen molar-refractivity contribution in [3.63, 3.8) is 0 Å². The number of hydrogen-bond acceptors (Lipinski definition) is 6. The van der Waals surface area contributed by atoms with Gasteiger partial charge in [-0.05, 0) is 49.8 Å². The Labute approximate surface area is 180 Å². The molecular weight excluding hydrogens is 400 g/mol. The molecule has 1 unspecified atom stereocenters. The topological polar surface area (TPSA) is 88.4 Å². The van der Waals surface area contributed by atoms with E-state index in [1.54, 1.807) is 6.08 Å². The lowest BCUT2D eigenvalue weighted by Crippen LogP contribution is -2.19. The Kier molecular flexibility index (Phi) is 7.26. The molecule has 156 valence electrons. The number of thiophene rings is 1. The van der Waals surface area contributed by atoms with E-state index in [1.807, 2.05) is 31.2 Å². The van der Waals surface area contributed by atoms with E-state index in [9.17, 15) is 14.9 Å². The second-order valence-electron chi connectivity index (χ2n) is 7.02. The van der Waals surface area contributed by atoms with Crippen molar-refractivity contribution >= 4 is 34.3 Å². The molecule has 2 aromatic rings. The summed E-state index contributed by atoms with van der Waals surface area (Å²) in [5, 5.41) is 13.0. The molecular formula is C23H24N2O4S. The van der Waals surface area contributed by atoms with Gasteiger partial charge in [0.05, 0.1) is 18.8 Å². The van der Waals surface area contributed by atoms with Crippen LogP contribution < -0.4 is 10.1 Å². The molecule has 1 aromatic heterocycles. The van der Waals surface area contributed by atoms with Crippen molar-refractivity contribution in [2.45, 2.75) is 33.1 Å². The molecule has 7 heteroatoms. The van der Waals surface area contributed by atoms with Gasteiger partial charge in [-0.15, -0.1) is 11.3 Å². The maximum absolute atomic E-state index is 12.5. The highest BCUT2D eigenvalue weighted by atomic mass is 32.1. The molecule has 1 heterocycles. The number of nitrogens with one attached hydrogen (secondary N) is 1. The summed E-state index contributed by atoms with van der Waals surface area (Å²) < 4.78 is 10.7. The van der Waals surface area contributed by atoms with E-state index in [1.165, 1.54) is 24.3 Å². The summed E-state index contributed by atoms with van der Waals surface area (Å²) in [5.74, 6) is 0.375. The summed E-state index contributed by atoms with van der Waals surface area (Å²) in [7, 11) is 0. The molecule has 0 aliphatic heterocycles. The second kappa shape index (κ2) is 10.1. The minimum absolute atomic E-state index is 0.241. The molecule has 3 rings (SSSR count). The van der Waals surface area contributed by atoms with Gasteiger partial charge in [0.2, 0.25) is 5.91 Å². The van der Waals surface area contributed by atoms with E-state index >= 15 is 0 Å². The second-order valence-corrected chi connectivity index (χ2v) is 8.13. The number of carbonyl (C=O) groups is 2. The zero-order valence-corrected chi connectivity index (χ0v) is 17.9. The quantitative estimate of drug-likeness (QED) is 0.528. The van der Waals surface area contributed by atoms with Gasteiger partial charge < -0.3 is 14.8 Å². The van der Waals surface area contributed by atoms with Gasteiger partial charge in [-0.1, -0.05) is 18.2 Å². The van der Waals surface area contributed by atoms with E-state index in [2.05, 4.69) is 11.4 Å². The smallest absolute Gasteiger partial charge is 0.302 e. The van der Waals surface area contributed by atoms with E-state index in [4.69, 9.17) is 9.47 Å². The Morgan fingerprint density at radius 3 is 2.90 bits per heavy atom. The lowest BCUT2D eigenvalue weighted by Gasteiger charge is -2.21. The highest BCUT2D eigenvalue weighted by Crippen LogP contribution is 2.39. The van der Waals surface area contributed by atoms with Crippen LogP contribution in [-0.4, -0.2) is 25.1 Å². The first kappa shape index (κ1) is 21.6. The predicted molar refractivity (Wildman–Crippen MR) is 116 cm³/mol. The molecule has 1 aliphatic carbocycles. The first-order valence-electron chi connectivity index (χ1n) is 9.90. The number of hydrogen-bond donors (Lipinski definition) is 1. The molecule has 0 fully saturated rings. The fourth-order valence-corrected chi connectivity index (χ4v) is 4.78. The summed E-state index contributed by atoms with van der Waals surface area (Å²) >= 11 is 1.43. The molecule has 1 aromatic carbocycles. The van der Waals surface area contributed by atoms with E-state index in [-0.39, 0.29) is 17.8 Å². The fraction of sp³-hybridized carbons (Fsp3) is 0.348. The zero-order chi connectivity index (χ0) is 21.5. The van der Waals surface area contributed by atoms with Crippen LogP contribution >= 0.6 is 11.3 Å². The van der Waals surface area contributed by atoms with Gasteiger partial charge in [-0.25, -0.2) is 0 Å². The van der Waals surface area contributed by atoms with Crippen LogP contribution in [0.4, 0.5) is 5.00 Å². The highest BCUT2D eigenvalue weighted by Gasteiger charge is 2.26. The summed E-state index contributed by atoms with van der Waals surface area (Å²) in [6, 6.07) is 9.74. The lowest BCUT2D eigenvalue weighted by atomic mass is 9.88. The molecule has 1 atom stereocenters. The van der Waals surface area contributed by atoms with E-state index in [0.717, 1.165) is 35.3 Å². The van der Waals surface area contributed by atoms with Gasteiger partial charge in [0.25, 0.3) is 0 Å². The van der Waals surface area contributed by atoms with Crippen molar-refractivity contribution in [1.82, 2.24) is 0 Å². The van der Waals surface area contributed by atoms with Crippen LogP contribution in [0.3, 0.4) is 0 Å². The molecule has 0 saturated carbocycles. The molecule has 6 nitrogen and oxygen atoms in total. The van der Waals surface area contributed by atoms with Crippen LogP contribution in [0.25, 0.3) is 6.08 Å². The van der Waals surface area contributed by atoms with Gasteiger partial charge in [0, 0.05) is 23.4 Å². The number of anilines is 1. The third-order valence-electron chi connectivity index (χ3n) is 4.87. The van der Waals surface area contributed by atoms with Crippen molar-refractivity contribution < 1.29 is 19.1 Å². The fourth-order valence-electron chi connectivity index (χ4n) is 3.46. The Morgan fingerprint density at radius 2 is 2.17 bits per heavy atom. The molecule has 0 radical (unpaired) electrons. The number of ether oxygens (including phenoxy) is 2. The SMILES string of the molecule is CCOc1ccccc1C=CC(=O)Nc1sc2c(c1C#N)CCC(COC(C)=O)C2. The van der Waals surface area contributed by atoms with Crippen LogP contribution in [0.2, 0.25) is 0 Å². The Morgan fingerprint density at radius 1 is 1.37 bits per heavy atom. The van der Waals surface area contributed by atoms with Crippen molar-refractivity contribution in [3.05, 3.63) is 51.9 Å². The molecule has 1 amide bonds. The van der Waals surface area contributed by atoms with Crippen LogP contribution in [0.1, 0.15) is 41.8 Å². The predicted octanol–water partition coefficient (Wildman–Crippen LogP) is 4.34. The van der Waals surface area contributed by atoms with Crippen LogP contribution in [0.5, 0.6) is 5.75 Å². The highest BCUT2D eigenvalue weighted by molar-refractivity contribution is 7.16. The third-order valence-corrected chi connectivity index (χ3v) is 6.04. The Hall–Kier alpha value is -3.11. The summed E-state index contributed by atoms with van der Waals surface area (Å²) in [6.45, 7) is 4.24. The zero-order valence-electron chi connectivity index (χ0n) is 17.1. The number of fused-ring (bicyclic) bond motifs is 1. The number of para-hydroxylation sites is 1. The summed E-state index contributed by atoms with van der Waals surface area (Å²) in [4.78, 5) is 24.6. The molecule has 0 saturated heterocycles. The van der Waals surface area contributed by atoms with Crippen molar-refractivity contribution in [2.75, 3.05) is 18.5 Å². The van der Waals surface area contributed by atoms with Crippen LogP contribution in [0, 0.1) is 17.2 Å². The van der Waals surface area contributed by atoms with Crippen molar-refractivity contribution in [3.8, 4) is 11.8 Å². The molecule has 0 bridgehead atoms. The maximum atomic E-state index is 12.5. The lowest BCUT2D eigenvalue weighted by molar-refractivity contribution is -0.142. The Bertz CT molecular complexity index is 1000. The number of nitriles is 1. The van der Waals surface area contributed by atoms with Gasteiger partial charge in [0.15, 0.2) is 0 Å². The van der Waals surface area contributed by atoms with Crippen LogP contribution in [0.15, 0.2) is 30.3 Å². The van der Waals surface area contributed by atoms with Crippen LogP contribution in [-0.2, 0) is 27.2 Å². The minimum Gasteiger partial charge on any atom is -0.493 e. The number of rotatable bonds is 7. The molecule has 1 aliphatic rings. The van der Waals surface area contributed by atoms with Gasteiger partial charge in [-0.3, -0.25) is 9.59 Å². The largest absolute Gasteiger partial charge is 0.493 e. The van der Waals surface area contributed by atoms with Crippen molar-refractivity contribution in [2.24, 2.45) is 5.92 Å². The van der Waals surface area contributed by atoms with Gasteiger partial charge >= 0.3 is 5.97 Å². The standard InChI is InChI=1S/C23H24N2O4S/c1-3-28-20-7-5-4-6-17(20)9-11-22(27)25-23-19(13-24)18-10-8-16(12-21(18)30-23)14-29-15(2)26/h4-7,9,11,16H,3,8,10,12,14H2,1-2H3,(H,25,27). The number of nitrogens with zero attached hydrogens (tertiary/aromatic N) is 1. The van der Waals surface area contributed by atoms with E-state index in [0.29, 0.717) is 29.5 Å². The van der Waals surface area contributed by atoms with Gasteiger partial charge in [-0.2, -0.15) is 5.26 Å². The number of amides is 1. The summed E-state index contributed by atoms with van der Waals surface area (Å²) in [5.41, 5.74) is 2.36. The monoisotopic (exact) mass is 424 g/mol. The minimum atomic E-state index is -0.298.